The molecule has 0 aliphatic heterocycles. The molecule has 0 saturated carbocycles. The van der Waals surface area contributed by atoms with E-state index in [0.29, 0.717) is 0 Å². The maximum atomic E-state index is 2.92. The summed E-state index contributed by atoms with van der Waals surface area (Å²) in [5.41, 5.74) is 0. The molecule has 0 amide bonds. The van der Waals surface area contributed by atoms with Crippen molar-refractivity contribution in [3.05, 3.63) is 0 Å². The van der Waals surface area contributed by atoms with Crippen LogP contribution in [0.2, 0.25) is 0 Å². The Kier molecular flexibility index (Phi) is 61.0. The van der Waals surface area contributed by atoms with Gasteiger partial charge in [-0.25, -0.2) is 10.0 Å². The van der Waals surface area contributed by atoms with Gasteiger partial charge in [-0.05, 0) is 25.7 Å². The lowest BCUT2D eigenvalue weighted by molar-refractivity contribution is -0.0308. The Bertz CT molecular complexity index is 747. The van der Waals surface area contributed by atoms with Crippen molar-refractivity contribution in [2.24, 2.45) is 0 Å². The monoisotopic (exact) mass is 929 g/mol. The van der Waals surface area contributed by atoms with E-state index in [0.717, 1.165) is 0 Å². The summed E-state index contributed by atoms with van der Waals surface area (Å²) in [6.07, 6.45) is 81.6. The van der Waals surface area contributed by atoms with Crippen LogP contribution in [0.5, 0.6) is 0 Å². The SMILES string of the molecule is CCCCCCCCCCCCCCCCCCN(CCCCCCCCCCCCCCCCCC)N(CCCCCCCCCCCCCC)CCCCCCCCCCCCCC. The number of hydrogen-bond acceptors (Lipinski definition) is 2. The molecule has 66 heavy (non-hydrogen) atoms. The Morgan fingerprint density at radius 3 is 0.318 bits per heavy atom. The molecule has 0 fully saturated rings. The van der Waals surface area contributed by atoms with Crippen molar-refractivity contribution in [1.82, 2.24) is 10.0 Å². The average molecular weight is 930 g/mol. The van der Waals surface area contributed by atoms with Crippen molar-refractivity contribution in [1.29, 1.82) is 0 Å². The molecule has 0 bridgehead atoms. The van der Waals surface area contributed by atoms with E-state index >= 15 is 0 Å². The zero-order chi connectivity index (χ0) is 47.6. The second-order valence-corrected chi connectivity index (χ2v) is 22.3. The smallest absolute Gasteiger partial charge is 0.0133 e. The molecule has 0 aliphatic carbocycles. The molecule has 0 aromatic rings. The average Bonchev–Trinajstić information content (AvgIpc) is 3.33. The number of hydrazine groups is 1. The molecular formula is C64H132N2. The van der Waals surface area contributed by atoms with Crippen LogP contribution >= 0.6 is 0 Å². The van der Waals surface area contributed by atoms with Crippen LogP contribution in [0.1, 0.15) is 387 Å². The van der Waals surface area contributed by atoms with E-state index < -0.39 is 0 Å². The van der Waals surface area contributed by atoms with Crippen molar-refractivity contribution >= 4 is 0 Å². The lowest BCUT2D eigenvalue weighted by Gasteiger charge is -2.36. The first kappa shape index (κ1) is 65.9. The second kappa shape index (κ2) is 61.0. The predicted molar refractivity (Wildman–Crippen MR) is 304 cm³/mol. The zero-order valence-corrected chi connectivity index (χ0v) is 47.3. The molecule has 398 valence electrons. The van der Waals surface area contributed by atoms with Gasteiger partial charge in [0.15, 0.2) is 0 Å². The van der Waals surface area contributed by atoms with Gasteiger partial charge in [0.25, 0.3) is 0 Å². The first-order valence-electron chi connectivity index (χ1n) is 32.3. The maximum absolute atomic E-state index is 2.92. The lowest BCUT2D eigenvalue weighted by Crippen LogP contribution is -2.45. The summed E-state index contributed by atoms with van der Waals surface area (Å²) >= 11 is 0. The highest BCUT2D eigenvalue weighted by Gasteiger charge is 2.15. The minimum atomic E-state index is 1.31. The first-order chi connectivity index (χ1) is 32.8. The Labute approximate surface area is 421 Å². The Morgan fingerprint density at radius 2 is 0.212 bits per heavy atom. The van der Waals surface area contributed by atoms with E-state index in [1.807, 2.05) is 0 Å². The van der Waals surface area contributed by atoms with Gasteiger partial charge in [-0.2, -0.15) is 0 Å². The summed E-state index contributed by atoms with van der Waals surface area (Å²) < 4.78 is 0. The van der Waals surface area contributed by atoms with Crippen LogP contribution in [0, 0.1) is 0 Å². The summed E-state index contributed by atoms with van der Waals surface area (Å²) in [4.78, 5) is 0. The van der Waals surface area contributed by atoms with Gasteiger partial charge in [-0.15, -0.1) is 0 Å². The standard InChI is InChI=1S/C64H132N2/c1-5-9-13-17-21-25-29-33-35-37-39-43-47-51-55-59-63-66(64-60-56-52-48-44-40-38-36-34-30-26-22-18-14-10-6-2)65(61-57-53-49-45-41-31-27-23-19-15-11-7-3)62-58-54-50-46-42-32-28-24-20-16-12-8-4/h5-64H2,1-4H3. The summed E-state index contributed by atoms with van der Waals surface area (Å²) in [5.74, 6) is 0. The van der Waals surface area contributed by atoms with E-state index in [4.69, 9.17) is 0 Å². The summed E-state index contributed by atoms with van der Waals surface area (Å²) in [6, 6.07) is 0. The van der Waals surface area contributed by atoms with Crippen LogP contribution in [0.15, 0.2) is 0 Å². The van der Waals surface area contributed by atoms with Gasteiger partial charge >= 0.3 is 0 Å². The van der Waals surface area contributed by atoms with Crippen LogP contribution in [0.4, 0.5) is 0 Å². The molecule has 2 heteroatoms. The van der Waals surface area contributed by atoms with E-state index in [9.17, 15) is 0 Å². The van der Waals surface area contributed by atoms with Crippen molar-refractivity contribution in [3.63, 3.8) is 0 Å². The molecule has 0 spiro atoms. The van der Waals surface area contributed by atoms with Gasteiger partial charge in [0, 0.05) is 26.2 Å². The molecule has 0 atom stereocenters. The molecule has 0 unspecified atom stereocenters. The number of hydrogen-bond donors (Lipinski definition) is 0. The molecule has 0 saturated heterocycles. The summed E-state index contributed by atoms with van der Waals surface area (Å²) in [7, 11) is 0. The van der Waals surface area contributed by atoms with Crippen LogP contribution in [-0.4, -0.2) is 36.2 Å². The molecule has 0 aliphatic rings. The van der Waals surface area contributed by atoms with Crippen molar-refractivity contribution in [3.8, 4) is 0 Å². The third-order valence-electron chi connectivity index (χ3n) is 15.5. The topological polar surface area (TPSA) is 6.48 Å². The fraction of sp³-hybridized carbons (Fsp3) is 1.00. The first-order valence-corrected chi connectivity index (χ1v) is 32.3. The maximum Gasteiger partial charge on any atom is 0.0133 e. The van der Waals surface area contributed by atoms with Crippen LogP contribution in [-0.2, 0) is 0 Å². The summed E-state index contributed by atoms with van der Waals surface area (Å²) in [6.45, 7) is 14.6. The molecule has 0 N–H and O–H groups in total. The molecular weight excluding hydrogens is 797 g/mol. The molecule has 0 aromatic carbocycles. The minimum Gasteiger partial charge on any atom is -0.242 e. The third-order valence-corrected chi connectivity index (χ3v) is 15.5. The second-order valence-electron chi connectivity index (χ2n) is 22.3. The Hall–Kier alpha value is -0.0800. The molecule has 0 heterocycles. The van der Waals surface area contributed by atoms with Crippen LogP contribution in [0.25, 0.3) is 0 Å². The highest BCUT2D eigenvalue weighted by Crippen LogP contribution is 2.19. The van der Waals surface area contributed by atoms with E-state index in [2.05, 4.69) is 37.7 Å². The number of rotatable bonds is 61. The van der Waals surface area contributed by atoms with Crippen molar-refractivity contribution in [2.75, 3.05) is 26.2 Å². The van der Waals surface area contributed by atoms with Crippen LogP contribution < -0.4 is 0 Å². The highest BCUT2D eigenvalue weighted by atomic mass is 15.6. The minimum absolute atomic E-state index is 1.31. The van der Waals surface area contributed by atoms with Crippen molar-refractivity contribution < 1.29 is 0 Å². The molecule has 0 aromatic heterocycles. The third kappa shape index (κ3) is 54.9. The normalized spacial score (nSPS) is 11.9. The highest BCUT2D eigenvalue weighted by molar-refractivity contribution is 4.64. The van der Waals surface area contributed by atoms with Gasteiger partial charge in [0.05, 0.1) is 0 Å². The van der Waals surface area contributed by atoms with Gasteiger partial charge in [-0.3, -0.25) is 0 Å². The lowest BCUT2D eigenvalue weighted by atomic mass is 10.0. The predicted octanol–water partition coefficient (Wildman–Crippen LogP) is 23.4. The van der Waals surface area contributed by atoms with Crippen molar-refractivity contribution in [2.45, 2.75) is 387 Å². The fourth-order valence-corrected chi connectivity index (χ4v) is 10.7. The van der Waals surface area contributed by atoms with E-state index in [1.165, 1.54) is 386 Å². The fourth-order valence-electron chi connectivity index (χ4n) is 10.7. The molecule has 0 rings (SSSR count). The quantitative estimate of drug-likeness (QED) is 0.0443. The molecule has 0 radical (unpaired) electrons. The Balaban J connectivity index is 4.85. The zero-order valence-electron chi connectivity index (χ0n) is 47.3. The van der Waals surface area contributed by atoms with Gasteiger partial charge < -0.3 is 0 Å². The van der Waals surface area contributed by atoms with Gasteiger partial charge in [0.2, 0.25) is 0 Å². The molecule has 2 nitrogen and oxygen atoms in total. The largest absolute Gasteiger partial charge is 0.242 e. The van der Waals surface area contributed by atoms with Crippen LogP contribution in [0.3, 0.4) is 0 Å². The number of unbranched alkanes of at least 4 members (excludes halogenated alkanes) is 52. The number of nitrogens with zero attached hydrogens (tertiary/aromatic N) is 2. The van der Waals surface area contributed by atoms with E-state index in [-0.39, 0.29) is 0 Å². The van der Waals surface area contributed by atoms with Gasteiger partial charge in [-0.1, -0.05) is 362 Å². The van der Waals surface area contributed by atoms with Gasteiger partial charge in [0.1, 0.15) is 0 Å². The van der Waals surface area contributed by atoms with E-state index in [1.54, 1.807) is 0 Å². The Morgan fingerprint density at radius 1 is 0.121 bits per heavy atom. The summed E-state index contributed by atoms with van der Waals surface area (Å²) in [5, 5.41) is 5.84.